The molecule has 1 aromatic heterocycles. The second kappa shape index (κ2) is 6.86. The van der Waals surface area contributed by atoms with E-state index in [9.17, 15) is 9.59 Å². The van der Waals surface area contributed by atoms with Crippen LogP contribution in [0.25, 0.3) is 0 Å². The quantitative estimate of drug-likeness (QED) is 0.916. The lowest BCUT2D eigenvalue weighted by atomic mass is 10.2. The van der Waals surface area contributed by atoms with Crippen LogP contribution in [0.15, 0.2) is 47.8 Å². The molecular formula is C15H16N2O2S. The van der Waals surface area contributed by atoms with Crippen LogP contribution in [0.3, 0.4) is 0 Å². The number of thiophene rings is 1. The van der Waals surface area contributed by atoms with Gasteiger partial charge in [-0.3, -0.25) is 9.59 Å². The number of carbonyl (C=O) groups is 2. The van der Waals surface area contributed by atoms with Gasteiger partial charge in [-0.2, -0.15) is 0 Å². The molecule has 0 saturated heterocycles. The molecule has 104 valence electrons. The van der Waals surface area contributed by atoms with Crippen LogP contribution in [0.1, 0.15) is 15.2 Å². The highest BCUT2D eigenvalue weighted by atomic mass is 32.1. The van der Waals surface area contributed by atoms with E-state index in [1.165, 1.54) is 0 Å². The lowest BCUT2D eigenvalue weighted by Crippen LogP contribution is -2.37. The molecule has 0 aliphatic heterocycles. The Balaban J connectivity index is 1.81. The van der Waals surface area contributed by atoms with Crippen LogP contribution in [0.4, 0.5) is 0 Å². The first-order valence-electron chi connectivity index (χ1n) is 6.26. The zero-order valence-corrected chi connectivity index (χ0v) is 12.0. The summed E-state index contributed by atoms with van der Waals surface area (Å²) in [4.78, 5) is 26.5. The first kappa shape index (κ1) is 14.3. The van der Waals surface area contributed by atoms with Crippen molar-refractivity contribution in [3.63, 3.8) is 0 Å². The van der Waals surface area contributed by atoms with E-state index in [0.717, 1.165) is 4.88 Å². The standard InChI is InChI=1S/C15H16N2O2S/c1-17(11-13-8-5-9-20-13)14(18)10-16-15(19)12-6-3-2-4-7-12/h2-9H,10-11H2,1H3,(H,16,19). The lowest BCUT2D eigenvalue weighted by Gasteiger charge is -2.16. The fourth-order valence-electron chi connectivity index (χ4n) is 1.71. The fraction of sp³-hybridized carbons (Fsp3) is 0.200. The highest BCUT2D eigenvalue weighted by molar-refractivity contribution is 7.09. The van der Waals surface area contributed by atoms with E-state index < -0.39 is 0 Å². The molecule has 0 aliphatic rings. The van der Waals surface area contributed by atoms with Gasteiger partial charge in [0.2, 0.25) is 5.91 Å². The molecule has 20 heavy (non-hydrogen) atoms. The maximum absolute atomic E-state index is 11.9. The summed E-state index contributed by atoms with van der Waals surface area (Å²) in [6.45, 7) is 0.577. The Morgan fingerprint density at radius 1 is 1.15 bits per heavy atom. The van der Waals surface area contributed by atoms with Gasteiger partial charge < -0.3 is 10.2 Å². The highest BCUT2D eigenvalue weighted by Gasteiger charge is 2.12. The van der Waals surface area contributed by atoms with Crippen LogP contribution >= 0.6 is 11.3 Å². The van der Waals surface area contributed by atoms with Gasteiger partial charge in [0.1, 0.15) is 0 Å². The fourth-order valence-corrected chi connectivity index (χ4v) is 2.46. The molecule has 0 spiro atoms. The van der Waals surface area contributed by atoms with Crippen molar-refractivity contribution in [2.24, 2.45) is 0 Å². The third-order valence-corrected chi connectivity index (χ3v) is 3.70. The second-order valence-corrected chi connectivity index (χ2v) is 5.41. The number of rotatable bonds is 5. The van der Waals surface area contributed by atoms with Crippen molar-refractivity contribution in [2.75, 3.05) is 13.6 Å². The van der Waals surface area contributed by atoms with Crippen LogP contribution in [-0.2, 0) is 11.3 Å². The molecule has 2 amide bonds. The Morgan fingerprint density at radius 3 is 2.55 bits per heavy atom. The Labute approximate surface area is 122 Å². The van der Waals surface area contributed by atoms with Gasteiger partial charge in [0, 0.05) is 17.5 Å². The number of likely N-dealkylation sites (N-methyl/N-ethyl adjacent to an activating group) is 1. The van der Waals surface area contributed by atoms with Crippen molar-refractivity contribution >= 4 is 23.2 Å². The third kappa shape index (κ3) is 3.93. The van der Waals surface area contributed by atoms with Crippen LogP contribution < -0.4 is 5.32 Å². The van der Waals surface area contributed by atoms with E-state index in [1.54, 1.807) is 47.5 Å². The first-order valence-corrected chi connectivity index (χ1v) is 7.14. The third-order valence-electron chi connectivity index (χ3n) is 2.84. The van der Waals surface area contributed by atoms with Gasteiger partial charge in [0.15, 0.2) is 0 Å². The average molecular weight is 288 g/mol. The Kier molecular flexibility index (Phi) is 4.90. The van der Waals surface area contributed by atoms with Gasteiger partial charge in [-0.15, -0.1) is 11.3 Å². The molecule has 2 rings (SSSR count). The summed E-state index contributed by atoms with van der Waals surface area (Å²) in [5.41, 5.74) is 0.557. The second-order valence-electron chi connectivity index (χ2n) is 4.38. The molecule has 0 radical (unpaired) electrons. The minimum Gasteiger partial charge on any atom is -0.343 e. The number of carbonyl (C=O) groups excluding carboxylic acids is 2. The summed E-state index contributed by atoms with van der Waals surface area (Å²) in [5, 5.41) is 4.61. The molecule has 0 atom stereocenters. The summed E-state index contributed by atoms with van der Waals surface area (Å²) in [7, 11) is 1.73. The van der Waals surface area contributed by atoms with Crippen molar-refractivity contribution in [3.05, 3.63) is 58.3 Å². The topological polar surface area (TPSA) is 49.4 Å². The van der Waals surface area contributed by atoms with E-state index in [2.05, 4.69) is 5.32 Å². The molecule has 2 aromatic rings. The van der Waals surface area contributed by atoms with Crippen LogP contribution in [0.2, 0.25) is 0 Å². The van der Waals surface area contributed by atoms with E-state index in [1.807, 2.05) is 23.6 Å². The van der Waals surface area contributed by atoms with E-state index >= 15 is 0 Å². The van der Waals surface area contributed by atoms with Gasteiger partial charge in [0.05, 0.1) is 13.1 Å². The van der Waals surface area contributed by atoms with Gasteiger partial charge in [-0.25, -0.2) is 0 Å². The molecule has 0 bridgehead atoms. The molecule has 0 unspecified atom stereocenters. The summed E-state index contributed by atoms with van der Waals surface area (Å²) in [6.07, 6.45) is 0. The molecule has 5 heteroatoms. The van der Waals surface area contributed by atoms with Gasteiger partial charge in [-0.05, 0) is 23.6 Å². The van der Waals surface area contributed by atoms with E-state index in [4.69, 9.17) is 0 Å². The molecule has 1 aromatic carbocycles. The Bertz CT molecular complexity index is 567. The number of benzene rings is 1. The Hall–Kier alpha value is -2.14. The maximum atomic E-state index is 11.9. The van der Waals surface area contributed by atoms with E-state index in [-0.39, 0.29) is 18.4 Å². The maximum Gasteiger partial charge on any atom is 0.251 e. The Morgan fingerprint density at radius 2 is 1.90 bits per heavy atom. The van der Waals surface area contributed by atoms with Crippen molar-refractivity contribution in [3.8, 4) is 0 Å². The number of hydrogen-bond donors (Lipinski definition) is 1. The zero-order valence-electron chi connectivity index (χ0n) is 11.2. The van der Waals surface area contributed by atoms with Crippen LogP contribution in [-0.4, -0.2) is 30.3 Å². The van der Waals surface area contributed by atoms with E-state index in [0.29, 0.717) is 12.1 Å². The normalized spacial score (nSPS) is 10.1. The molecule has 4 nitrogen and oxygen atoms in total. The average Bonchev–Trinajstić information content (AvgIpc) is 2.98. The van der Waals surface area contributed by atoms with Crippen molar-refractivity contribution in [1.29, 1.82) is 0 Å². The van der Waals surface area contributed by atoms with Crippen molar-refractivity contribution < 1.29 is 9.59 Å². The predicted octanol–water partition coefficient (Wildman–Crippen LogP) is 2.14. The largest absolute Gasteiger partial charge is 0.343 e. The van der Waals surface area contributed by atoms with Crippen molar-refractivity contribution in [2.45, 2.75) is 6.54 Å². The van der Waals surface area contributed by atoms with Crippen LogP contribution in [0, 0.1) is 0 Å². The zero-order chi connectivity index (χ0) is 14.4. The minimum absolute atomic E-state index is 0.00953. The minimum atomic E-state index is -0.233. The summed E-state index contributed by atoms with van der Waals surface area (Å²) in [6, 6.07) is 12.8. The summed E-state index contributed by atoms with van der Waals surface area (Å²) >= 11 is 1.61. The predicted molar refractivity (Wildman–Crippen MR) is 79.6 cm³/mol. The monoisotopic (exact) mass is 288 g/mol. The molecule has 0 fully saturated rings. The van der Waals surface area contributed by atoms with Gasteiger partial charge >= 0.3 is 0 Å². The number of amides is 2. The highest BCUT2D eigenvalue weighted by Crippen LogP contribution is 2.10. The molecule has 0 saturated carbocycles. The van der Waals surface area contributed by atoms with Gasteiger partial charge in [0.25, 0.3) is 5.91 Å². The molecule has 1 N–H and O–H groups in total. The smallest absolute Gasteiger partial charge is 0.251 e. The lowest BCUT2D eigenvalue weighted by molar-refractivity contribution is -0.129. The summed E-state index contributed by atoms with van der Waals surface area (Å²) < 4.78 is 0. The number of hydrogen-bond acceptors (Lipinski definition) is 3. The summed E-state index contributed by atoms with van der Waals surface area (Å²) in [5.74, 6) is -0.342. The molecule has 0 aliphatic carbocycles. The number of nitrogens with zero attached hydrogens (tertiary/aromatic N) is 1. The SMILES string of the molecule is CN(Cc1cccs1)C(=O)CNC(=O)c1ccccc1. The molecule has 1 heterocycles. The number of nitrogens with one attached hydrogen (secondary N) is 1. The van der Waals surface area contributed by atoms with Gasteiger partial charge in [-0.1, -0.05) is 24.3 Å². The van der Waals surface area contributed by atoms with Crippen molar-refractivity contribution in [1.82, 2.24) is 10.2 Å². The van der Waals surface area contributed by atoms with Crippen LogP contribution in [0.5, 0.6) is 0 Å². The molecular weight excluding hydrogens is 272 g/mol. The first-order chi connectivity index (χ1) is 9.66.